The number of thiazole rings is 1. The van der Waals surface area contributed by atoms with Crippen LogP contribution >= 0.6 is 35.3 Å². The van der Waals surface area contributed by atoms with Gasteiger partial charge in [-0.1, -0.05) is 0 Å². The van der Waals surface area contributed by atoms with Crippen LogP contribution in [0.1, 0.15) is 17.5 Å². The third kappa shape index (κ3) is 4.38. The quantitative estimate of drug-likeness (QED) is 0.702. The van der Waals surface area contributed by atoms with Crippen LogP contribution in [0.4, 0.5) is 0 Å². The molecule has 2 atom stereocenters. The maximum Gasteiger partial charge on any atom is 0.225 e. The van der Waals surface area contributed by atoms with Crippen molar-refractivity contribution in [2.45, 2.75) is 31.6 Å². The van der Waals surface area contributed by atoms with Crippen molar-refractivity contribution in [3.8, 4) is 0 Å². The summed E-state index contributed by atoms with van der Waals surface area (Å²) in [6.07, 6.45) is 2.26. The summed E-state index contributed by atoms with van der Waals surface area (Å²) in [5.74, 6) is -0.0386. The highest BCUT2D eigenvalue weighted by Crippen LogP contribution is 2.16. The van der Waals surface area contributed by atoms with Crippen molar-refractivity contribution in [2.75, 3.05) is 12.9 Å². The third-order valence-electron chi connectivity index (χ3n) is 2.67. The van der Waals surface area contributed by atoms with Gasteiger partial charge in [0.25, 0.3) is 0 Å². The molecular weight excluding hydrogens is 288 g/mol. The maximum atomic E-state index is 11.9. The molecule has 0 saturated carbocycles. The minimum absolute atomic E-state index is 0.0273. The Labute approximate surface area is 120 Å². The number of aliphatic hydroxyl groups is 1. The molecule has 0 aliphatic rings. The Balaban J connectivity index is 2.56. The van der Waals surface area contributed by atoms with Gasteiger partial charge in [-0.05, 0) is 32.3 Å². The number of aromatic nitrogens is 1. The minimum Gasteiger partial charge on any atom is -0.395 e. The summed E-state index contributed by atoms with van der Waals surface area (Å²) in [4.78, 5) is 15.9. The summed E-state index contributed by atoms with van der Waals surface area (Å²) >= 11 is 8.02. The Morgan fingerprint density at radius 3 is 2.78 bits per heavy atom. The fourth-order valence-electron chi connectivity index (χ4n) is 1.59. The molecule has 3 N–H and O–H groups in total. The Morgan fingerprint density at radius 2 is 2.33 bits per heavy atom. The fraction of sp³-hybridized carbons (Fsp3) is 0.636. The van der Waals surface area contributed by atoms with Gasteiger partial charge in [0.05, 0.1) is 13.0 Å². The van der Waals surface area contributed by atoms with E-state index in [9.17, 15) is 4.79 Å². The Bertz CT molecular complexity index is 451. The highest BCUT2D eigenvalue weighted by Gasteiger charge is 2.18. The van der Waals surface area contributed by atoms with Crippen LogP contribution in [-0.4, -0.2) is 40.2 Å². The largest absolute Gasteiger partial charge is 0.395 e. The van der Waals surface area contributed by atoms with Gasteiger partial charge in [-0.25, -0.2) is 0 Å². The monoisotopic (exact) mass is 306 g/mol. The molecule has 0 bridgehead atoms. The summed E-state index contributed by atoms with van der Waals surface area (Å²) in [6, 6.07) is -0.0512. The van der Waals surface area contributed by atoms with Crippen LogP contribution in [0.3, 0.4) is 0 Å². The van der Waals surface area contributed by atoms with Crippen molar-refractivity contribution in [1.82, 2.24) is 10.3 Å². The van der Waals surface area contributed by atoms with Crippen molar-refractivity contribution in [3.05, 3.63) is 14.5 Å². The molecule has 1 heterocycles. The predicted octanol–water partition coefficient (Wildman–Crippen LogP) is 1.89. The van der Waals surface area contributed by atoms with Gasteiger partial charge in [0.15, 0.2) is 3.95 Å². The number of rotatable bonds is 6. The molecule has 2 unspecified atom stereocenters. The van der Waals surface area contributed by atoms with Gasteiger partial charge in [-0.15, -0.1) is 11.3 Å². The Morgan fingerprint density at radius 1 is 1.67 bits per heavy atom. The molecule has 4 nitrogen and oxygen atoms in total. The first kappa shape index (κ1) is 15.7. The third-order valence-corrected chi connectivity index (χ3v) is 5.17. The number of hydrogen-bond donors (Lipinski definition) is 3. The number of nitrogens with one attached hydrogen (secondary N) is 2. The van der Waals surface area contributed by atoms with Crippen LogP contribution in [0.2, 0.25) is 0 Å². The lowest BCUT2D eigenvalue weighted by molar-refractivity contribution is -0.121. The average molecular weight is 306 g/mol. The number of H-pyrrole nitrogens is 1. The molecule has 1 amide bonds. The molecule has 0 saturated heterocycles. The first-order chi connectivity index (χ1) is 8.47. The SMILES string of the molecule is CSC(CO)C(C)NC(=O)Cc1sc(=S)[nH]c1C. The zero-order chi connectivity index (χ0) is 13.7. The number of aliphatic hydroxyl groups excluding tert-OH is 1. The van der Waals surface area contributed by atoms with E-state index in [1.807, 2.05) is 20.1 Å². The lowest BCUT2D eigenvalue weighted by Gasteiger charge is -2.21. The number of amides is 1. The summed E-state index contributed by atoms with van der Waals surface area (Å²) < 4.78 is 0.695. The van der Waals surface area contributed by atoms with Crippen LogP contribution in [-0.2, 0) is 11.2 Å². The molecule has 0 spiro atoms. The van der Waals surface area contributed by atoms with E-state index >= 15 is 0 Å². The number of hydrogen-bond acceptors (Lipinski definition) is 5. The second kappa shape index (κ2) is 7.28. The van der Waals surface area contributed by atoms with Crippen LogP contribution in [0.25, 0.3) is 0 Å². The van der Waals surface area contributed by atoms with Crippen LogP contribution in [0, 0.1) is 10.9 Å². The van der Waals surface area contributed by atoms with E-state index in [4.69, 9.17) is 17.3 Å². The molecule has 102 valence electrons. The van der Waals surface area contributed by atoms with Gasteiger partial charge in [-0.2, -0.15) is 11.8 Å². The zero-order valence-corrected chi connectivity index (χ0v) is 13.1. The van der Waals surface area contributed by atoms with E-state index in [1.165, 1.54) is 11.3 Å². The van der Waals surface area contributed by atoms with Crippen molar-refractivity contribution in [1.29, 1.82) is 0 Å². The highest BCUT2D eigenvalue weighted by molar-refractivity contribution is 7.99. The summed E-state index contributed by atoms with van der Waals surface area (Å²) in [7, 11) is 0. The van der Waals surface area contributed by atoms with E-state index in [0.717, 1.165) is 10.6 Å². The Kier molecular flexibility index (Phi) is 6.34. The van der Waals surface area contributed by atoms with E-state index in [1.54, 1.807) is 11.8 Å². The predicted molar refractivity (Wildman–Crippen MR) is 79.9 cm³/mol. The molecule has 1 aromatic rings. The molecule has 0 radical (unpaired) electrons. The molecule has 1 aromatic heterocycles. The lowest BCUT2D eigenvalue weighted by atomic mass is 10.2. The highest BCUT2D eigenvalue weighted by atomic mass is 32.2. The molecule has 18 heavy (non-hydrogen) atoms. The molecular formula is C11H18N2O2S3. The molecule has 7 heteroatoms. The van der Waals surface area contributed by atoms with Gasteiger partial charge in [0.1, 0.15) is 0 Å². The van der Waals surface area contributed by atoms with E-state index in [2.05, 4.69) is 10.3 Å². The van der Waals surface area contributed by atoms with Gasteiger partial charge >= 0.3 is 0 Å². The number of thioether (sulfide) groups is 1. The number of aryl methyl sites for hydroxylation is 1. The lowest BCUT2D eigenvalue weighted by Crippen LogP contribution is -2.41. The number of carbonyl (C=O) groups excluding carboxylic acids is 1. The number of aromatic amines is 1. The first-order valence-corrected chi connectivity index (χ1v) is 8.10. The summed E-state index contributed by atoms with van der Waals surface area (Å²) in [6.45, 7) is 3.88. The molecule has 0 aromatic carbocycles. The number of carbonyl (C=O) groups is 1. The van der Waals surface area contributed by atoms with Gasteiger partial charge in [-0.3, -0.25) is 4.79 Å². The topological polar surface area (TPSA) is 65.1 Å². The summed E-state index contributed by atoms with van der Waals surface area (Å²) in [5, 5.41) is 12.1. The Hall–Kier alpha value is -0.370. The second-order valence-electron chi connectivity index (χ2n) is 4.05. The van der Waals surface area contributed by atoms with Crippen molar-refractivity contribution < 1.29 is 9.90 Å². The van der Waals surface area contributed by atoms with Gasteiger partial charge in [0, 0.05) is 21.9 Å². The van der Waals surface area contributed by atoms with Crippen LogP contribution in [0.5, 0.6) is 0 Å². The van der Waals surface area contributed by atoms with Crippen molar-refractivity contribution in [2.24, 2.45) is 0 Å². The van der Waals surface area contributed by atoms with Crippen LogP contribution in [0.15, 0.2) is 0 Å². The molecule has 0 fully saturated rings. The molecule has 0 aliphatic heterocycles. The zero-order valence-electron chi connectivity index (χ0n) is 10.6. The van der Waals surface area contributed by atoms with Gasteiger partial charge < -0.3 is 15.4 Å². The first-order valence-electron chi connectivity index (χ1n) is 5.59. The second-order valence-corrected chi connectivity index (χ2v) is 6.90. The molecule has 1 rings (SSSR count). The maximum absolute atomic E-state index is 11.9. The van der Waals surface area contributed by atoms with E-state index in [0.29, 0.717) is 10.4 Å². The summed E-state index contributed by atoms with van der Waals surface area (Å²) in [5.41, 5.74) is 0.955. The van der Waals surface area contributed by atoms with E-state index < -0.39 is 0 Å². The fourth-order valence-corrected chi connectivity index (χ4v) is 3.50. The molecule has 0 aliphatic carbocycles. The van der Waals surface area contributed by atoms with Crippen molar-refractivity contribution >= 4 is 41.2 Å². The standard InChI is InChI=1S/C11H18N2O2S3/c1-6-8(18-11(16)13-6)4-10(15)12-7(2)9(5-14)17-3/h7,9,14H,4-5H2,1-3H3,(H,12,15)(H,13,16). The smallest absolute Gasteiger partial charge is 0.225 e. The minimum atomic E-state index is -0.0512. The average Bonchev–Trinajstić information content (AvgIpc) is 2.58. The van der Waals surface area contributed by atoms with Crippen LogP contribution < -0.4 is 5.32 Å². The van der Waals surface area contributed by atoms with Crippen molar-refractivity contribution in [3.63, 3.8) is 0 Å². The van der Waals surface area contributed by atoms with E-state index in [-0.39, 0.29) is 23.8 Å². The van der Waals surface area contributed by atoms with Gasteiger partial charge in [0.2, 0.25) is 5.91 Å². The normalized spacial score (nSPS) is 14.2.